The topological polar surface area (TPSA) is 63.1 Å². The van der Waals surface area contributed by atoms with E-state index in [4.69, 9.17) is 4.98 Å². The summed E-state index contributed by atoms with van der Waals surface area (Å²) in [5.41, 5.74) is 7.08. The van der Waals surface area contributed by atoms with Crippen LogP contribution in [0.4, 0.5) is 10.8 Å². The van der Waals surface area contributed by atoms with Gasteiger partial charge < -0.3 is 10.2 Å². The van der Waals surface area contributed by atoms with Gasteiger partial charge in [-0.05, 0) is 68.7 Å². The van der Waals surface area contributed by atoms with E-state index < -0.39 is 0 Å². The summed E-state index contributed by atoms with van der Waals surface area (Å²) in [5.74, 6) is -0.0722. The Hall–Kier alpha value is -3.19. The summed E-state index contributed by atoms with van der Waals surface area (Å²) in [6, 6.07) is 14.1. The number of hydrogen-bond acceptors (Lipinski definition) is 5. The van der Waals surface area contributed by atoms with Gasteiger partial charge in [-0.2, -0.15) is 10.1 Å². The highest BCUT2D eigenvalue weighted by molar-refractivity contribution is 7.22. The molecule has 0 aliphatic rings. The fourth-order valence-electron chi connectivity index (χ4n) is 3.33. The lowest BCUT2D eigenvalue weighted by atomic mass is 10.1. The van der Waals surface area contributed by atoms with Gasteiger partial charge in [0.25, 0.3) is 0 Å². The molecule has 2 aromatic carbocycles. The fourth-order valence-corrected chi connectivity index (χ4v) is 4.28. The number of aromatic nitrogens is 3. The van der Waals surface area contributed by atoms with Crippen LogP contribution in [0.2, 0.25) is 0 Å². The lowest BCUT2D eigenvalue weighted by Gasteiger charge is -2.15. The van der Waals surface area contributed by atoms with Crippen LogP contribution in [-0.4, -0.2) is 34.3 Å². The Labute approximate surface area is 180 Å². The molecule has 0 saturated carbocycles. The van der Waals surface area contributed by atoms with E-state index in [2.05, 4.69) is 36.4 Å². The standard InChI is InChI=1S/C23H25N5OS/c1-14-7-6-8-19(11-14)28-22-21(17(4)26-28)30-23(25-22)27(5)13-20(29)24-18-10-9-15(2)16(3)12-18/h6-12H,13H2,1-5H3,(H,24,29). The molecule has 0 fully saturated rings. The third-order valence-corrected chi connectivity index (χ3v) is 6.39. The van der Waals surface area contributed by atoms with Crippen molar-refractivity contribution in [2.75, 3.05) is 23.8 Å². The molecule has 0 bridgehead atoms. The van der Waals surface area contributed by atoms with Gasteiger partial charge in [-0.3, -0.25) is 4.79 Å². The van der Waals surface area contributed by atoms with Crippen LogP contribution in [0.15, 0.2) is 42.5 Å². The smallest absolute Gasteiger partial charge is 0.243 e. The number of carbonyl (C=O) groups is 1. The molecule has 4 aromatic rings. The minimum atomic E-state index is -0.0722. The first-order valence-electron chi connectivity index (χ1n) is 9.83. The molecule has 6 nitrogen and oxygen atoms in total. The minimum absolute atomic E-state index is 0.0722. The highest BCUT2D eigenvalue weighted by Crippen LogP contribution is 2.32. The second kappa shape index (κ2) is 7.91. The first-order chi connectivity index (χ1) is 14.3. The number of carbonyl (C=O) groups excluding carboxylic acids is 1. The molecule has 2 heterocycles. The van der Waals surface area contributed by atoms with E-state index in [0.717, 1.165) is 38.1 Å². The Bertz CT molecular complexity index is 1240. The number of aryl methyl sites for hydroxylation is 4. The maximum Gasteiger partial charge on any atom is 0.243 e. The Morgan fingerprint density at radius 1 is 1.10 bits per heavy atom. The van der Waals surface area contributed by atoms with Crippen molar-refractivity contribution in [3.05, 3.63) is 64.8 Å². The zero-order chi connectivity index (χ0) is 21.4. The van der Waals surface area contributed by atoms with Crippen molar-refractivity contribution in [3.63, 3.8) is 0 Å². The summed E-state index contributed by atoms with van der Waals surface area (Å²) in [6.45, 7) is 8.37. The van der Waals surface area contributed by atoms with E-state index in [-0.39, 0.29) is 12.5 Å². The first kappa shape index (κ1) is 20.1. The number of thiazole rings is 1. The molecule has 4 rings (SSSR count). The van der Waals surface area contributed by atoms with Gasteiger partial charge in [-0.1, -0.05) is 29.5 Å². The van der Waals surface area contributed by atoms with Crippen molar-refractivity contribution in [1.82, 2.24) is 14.8 Å². The van der Waals surface area contributed by atoms with E-state index >= 15 is 0 Å². The predicted octanol–water partition coefficient (Wildman–Crippen LogP) is 4.79. The van der Waals surface area contributed by atoms with Gasteiger partial charge in [0, 0.05) is 12.7 Å². The Balaban J connectivity index is 1.55. The normalized spacial score (nSPS) is 11.1. The van der Waals surface area contributed by atoms with Crippen LogP contribution in [0.1, 0.15) is 22.4 Å². The van der Waals surface area contributed by atoms with Crippen LogP contribution in [0.3, 0.4) is 0 Å². The van der Waals surface area contributed by atoms with Crippen LogP contribution in [0.5, 0.6) is 0 Å². The summed E-state index contributed by atoms with van der Waals surface area (Å²) in [5, 5.41) is 8.43. The molecule has 0 atom stereocenters. The number of fused-ring (bicyclic) bond motifs is 1. The second-order valence-corrected chi connectivity index (χ2v) is 8.67. The average Bonchev–Trinajstić information content (AvgIpc) is 3.25. The van der Waals surface area contributed by atoms with Crippen molar-refractivity contribution in [2.45, 2.75) is 27.7 Å². The summed E-state index contributed by atoms with van der Waals surface area (Å²) in [6.07, 6.45) is 0. The van der Waals surface area contributed by atoms with Gasteiger partial charge in [-0.25, -0.2) is 4.68 Å². The molecule has 0 radical (unpaired) electrons. The van der Waals surface area contributed by atoms with Crippen LogP contribution < -0.4 is 10.2 Å². The number of nitrogens with zero attached hydrogens (tertiary/aromatic N) is 4. The third-order valence-electron chi connectivity index (χ3n) is 5.12. The Kier molecular flexibility index (Phi) is 5.30. The van der Waals surface area contributed by atoms with Crippen molar-refractivity contribution >= 4 is 38.4 Å². The molecule has 0 spiro atoms. The largest absolute Gasteiger partial charge is 0.342 e. The highest BCUT2D eigenvalue weighted by atomic mass is 32.1. The number of anilines is 2. The maximum absolute atomic E-state index is 12.5. The summed E-state index contributed by atoms with van der Waals surface area (Å²) in [4.78, 5) is 19.2. The molecule has 0 aliphatic heterocycles. The molecule has 0 aliphatic carbocycles. The molecular formula is C23H25N5OS. The fraction of sp³-hybridized carbons (Fsp3) is 0.261. The quantitative estimate of drug-likeness (QED) is 0.505. The van der Waals surface area contributed by atoms with E-state index in [0.29, 0.717) is 0 Å². The molecular weight excluding hydrogens is 394 g/mol. The summed E-state index contributed by atoms with van der Waals surface area (Å²) < 4.78 is 2.91. The molecule has 154 valence electrons. The van der Waals surface area contributed by atoms with Gasteiger partial charge in [0.1, 0.15) is 0 Å². The van der Waals surface area contributed by atoms with Crippen molar-refractivity contribution < 1.29 is 4.79 Å². The van der Waals surface area contributed by atoms with Gasteiger partial charge in [0.15, 0.2) is 10.8 Å². The predicted molar refractivity (Wildman–Crippen MR) is 124 cm³/mol. The van der Waals surface area contributed by atoms with E-state index in [1.165, 1.54) is 11.1 Å². The monoisotopic (exact) mass is 419 g/mol. The molecule has 30 heavy (non-hydrogen) atoms. The number of rotatable bonds is 5. The van der Waals surface area contributed by atoms with Crippen LogP contribution >= 0.6 is 11.3 Å². The SMILES string of the molecule is Cc1cccc(-n2nc(C)c3sc(N(C)CC(=O)Nc4ccc(C)c(C)c4)nc32)c1. The van der Waals surface area contributed by atoms with Gasteiger partial charge in [0.05, 0.1) is 22.6 Å². The number of nitrogens with one attached hydrogen (secondary N) is 1. The van der Waals surface area contributed by atoms with Gasteiger partial charge in [-0.15, -0.1) is 0 Å². The summed E-state index contributed by atoms with van der Waals surface area (Å²) >= 11 is 1.56. The zero-order valence-electron chi connectivity index (χ0n) is 17.9. The number of likely N-dealkylation sites (N-methyl/N-ethyl adjacent to an activating group) is 1. The Morgan fingerprint density at radius 3 is 2.63 bits per heavy atom. The van der Waals surface area contributed by atoms with Crippen molar-refractivity contribution in [3.8, 4) is 5.69 Å². The Morgan fingerprint density at radius 2 is 1.90 bits per heavy atom. The molecule has 7 heteroatoms. The third kappa shape index (κ3) is 3.93. The van der Waals surface area contributed by atoms with Crippen LogP contribution in [0, 0.1) is 27.7 Å². The van der Waals surface area contributed by atoms with Crippen LogP contribution in [-0.2, 0) is 4.79 Å². The highest BCUT2D eigenvalue weighted by Gasteiger charge is 2.18. The zero-order valence-corrected chi connectivity index (χ0v) is 18.7. The molecule has 0 unspecified atom stereocenters. The average molecular weight is 420 g/mol. The summed E-state index contributed by atoms with van der Waals surface area (Å²) in [7, 11) is 1.89. The number of amides is 1. The van der Waals surface area contributed by atoms with E-state index in [9.17, 15) is 4.79 Å². The molecule has 0 saturated heterocycles. The first-order valence-corrected chi connectivity index (χ1v) is 10.6. The van der Waals surface area contributed by atoms with Crippen molar-refractivity contribution in [1.29, 1.82) is 0 Å². The lowest BCUT2D eigenvalue weighted by molar-refractivity contribution is -0.114. The maximum atomic E-state index is 12.5. The number of hydrogen-bond donors (Lipinski definition) is 1. The van der Waals surface area contributed by atoms with Crippen LogP contribution in [0.25, 0.3) is 16.0 Å². The molecule has 2 aromatic heterocycles. The van der Waals surface area contributed by atoms with Gasteiger partial charge in [0.2, 0.25) is 5.91 Å². The number of benzene rings is 2. The molecule has 1 N–H and O–H groups in total. The molecule has 1 amide bonds. The van der Waals surface area contributed by atoms with E-state index in [1.807, 2.05) is 60.8 Å². The van der Waals surface area contributed by atoms with Crippen molar-refractivity contribution in [2.24, 2.45) is 0 Å². The minimum Gasteiger partial charge on any atom is -0.342 e. The second-order valence-electron chi connectivity index (χ2n) is 7.69. The lowest BCUT2D eigenvalue weighted by Crippen LogP contribution is -2.30. The van der Waals surface area contributed by atoms with Gasteiger partial charge >= 0.3 is 0 Å². The van der Waals surface area contributed by atoms with E-state index in [1.54, 1.807) is 11.3 Å².